The first kappa shape index (κ1) is 16.5. The molecule has 0 radical (unpaired) electrons. The molecule has 1 aliphatic heterocycles. The van der Waals surface area contributed by atoms with Crippen molar-refractivity contribution in [3.63, 3.8) is 0 Å². The molecule has 0 N–H and O–H groups in total. The third-order valence-corrected chi connectivity index (χ3v) is 5.11. The van der Waals surface area contributed by atoms with Gasteiger partial charge in [0.05, 0.1) is 18.3 Å². The Hall–Kier alpha value is -2.95. The summed E-state index contributed by atoms with van der Waals surface area (Å²) in [4.78, 5) is 26.5. The minimum absolute atomic E-state index is 0.0894. The van der Waals surface area contributed by atoms with Crippen LogP contribution in [0.2, 0.25) is 0 Å². The molecule has 2 heterocycles. The Kier molecular flexibility index (Phi) is 4.52. The molecule has 1 aliphatic rings. The minimum atomic E-state index is -0.0894. The number of carbonyl (C=O) groups excluding carboxylic acids is 1. The summed E-state index contributed by atoms with van der Waals surface area (Å²) in [6.07, 6.45) is 2.73. The second-order valence-corrected chi connectivity index (χ2v) is 6.74. The molecule has 2 aromatic carbocycles. The standard InChI is InChI=1S/C21H21N3O2/c25-20-14-22-24(19-9-5-4-8-18(19)20)13-11-21(26)23-12-10-17(15-23)16-6-2-1-3-7-16/h1-9,14,17H,10-13,15H2. The molecular formula is C21H21N3O2. The van der Waals surface area contributed by atoms with E-state index in [2.05, 4.69) is 17.2 Å². The molecule has 4 rings (SSSR count). The summed E-state index contributed by atoms with van der Waals surface area (Å²) in [5, 5.41) is 4.84. The van der Waals surface area contributed by atoms with Gasteiger partial charge in [-0.1, -0.05) is 42.5 Å². The first-order valence-corrected chi connectivity index (χ1v) is 9.00. The van der Waals surface area contributed by atoms with Crippen LogP contribution < -0.4 is 5.43 Å². The van der Waals surface area contributed by atoms with Crippen LogP contribution in [-0.4, -0.2) is 33.7 Å². The highest BCUT2D eigenvalue weighted by atomic mass is 16.2. The molecule has 1 saturated heterocycles. The number of aryl methyl sites for hydroxylation is 1. The maximum absolute atomic E-state index is 12.6. The van der Waals surface area contributed by atoms with Crippen LogP contribution in [0.3, 0.4) is 0 Å². The number of hydrogen-bond acceptors (Lipinski definition) is 3. The molecule has 26 heavy (non-hydrogen) atoms. The van der Waals surface area contributed by atoms with Gasteiger partial charge in [0, 0.05) is 30.8 Å². The molecular weight excluding hydrogens is 326 g/mol. The van der Waals surface area contributed by atoms with Crippen molar-refractivity contribution >= 4 is 16.8 Å². The van der Waals surface area contributed by atoms with E-state index in [1.54, 1.807) is 10.7 Å². The van der Waals surface area contributed by atoms with Gasteiger partial charge >= 0.3 is 0 Å². The van der Waals surface area contributed by atoms with Gasteiger partial charge in [0.2, 0.25) is 11.3 Å². The third kappa shape index (κ3) is 3.25. The van der Waals surface area contributed by atoms with Gasteiger partial charge in [0.1, 0.15) is 0 Å². The number of para-hydroxylation sites is 1. The van der Waals surface area contributed by atoms with Gasteiger partial charge in [0.15, 0.2) is 0 Å². The van der Waals surface area contributed by atoms with Gasteiger partial charge in [-0.2, -0.15) is 5.10 Å². The summed E-state index contributed by atoms with van der Waals surface area (Å²) in [6, 6.07) is 17.8. The highest BCUT2D eigenvalue weighted by molar-refractivity contribution is 5.79. The smallest absolute Gasteiger partial charge is 0.224 e. The largest absolute Gasteiger partial charge is 0.342 e. The van der Waals surface area contributed by atoms with Crippen LogP contribution in [0.15, 0.2) is 65.6 Å². The van der Waals surface area contributed by atoms with Gasteiger partial charge in [-0.05, 0) is 24.1 Å². The van der Waals surface area contributed by atoms with E-state index in [-0.39, 0.29) is 11.3 Å². The van der Waals surface area contributed by atoms with Crippen molar-refractivity contribution in [2.45, 2.75) is 25.3 Å². The number of benzene rings is 2. The number of carbonyl (C=O) groups is 1. The van der Waals surface area contributed by atoms with Gasteiger partial charge in [-0.3, -0.25) is 14.3 Å². The molecule has 0 spiro atoms. The number of likely N-dealkylation sites (tertiary alicyclic amines) is 1. The van der Waals surface area contributed by atoms with Crippen molar-refractivity contribution < 1.29 is 4.79 Å². The SMILES string of the molecule is O=C(CCn1ncc(=O)c2ccccc21)N1CCC(c2ccccc2)C1. The Bertz CT molecular complexity index is 981. The Labute approximate surface area is 151 Å². The number of aromatic nitrogens is 2. The minimum Gasteiger partial charge on any atom is -0.342 e. The zero-order valence-corrected chi connectivity index (χ0v) is 14.5. The molecule has 5 heteroatoms. The van der Waals surface area contributed by atoms with Gasteiger partial charge in [0.25, 0.3) is 0 Å². The van der Waals surface area contributed by atoms with Crippen molar-refractivity contribution in [2.75, 3.05) is 13.1 Å². The lowest BCUT2D eigenvalue weighted by atomic mass is 9.99. The van der Waals surface area contributed by atoms with E-state index in [1.807, 2.05) is 41.3 Å². The molecule has 0 bridgehead atoms. The van der Waals surface area contributed by atoms with Crippen molar-refractivity contribution in [1.82, 2.24) is 14.7 Å². The molecule has 1 unspecified atom stereocenters. The topological polar surface area (TPSA) is 55.2 Å². The number of amides is 1. The van der Waals surface area contributed by atoms with Crippen LogP contribution in [0.25, 0.3) is 10.9 Å². The van der Waals surface area contributed by atoms with E-state index in [0.717, 1.165) is 25.0 Å². The summed E-state index contributed by atoms with van der Waals surface area (Å²) in [5.74, 6) is 0.569. The van der Waals surface area contributed by atoms with E-state index in [9.17, 15) is 9.59 Å². The lowest BCUT2D eigenvalue weighted by Crippen LogP contribution is -2.29. The van der Waals surface area contributed by atoms with E-state index in [4.69, 9.17) is 0 Å². The second kappa shape index (κ2) is 7.12. The van der Waals surface area contributed by atoms with Crippen LogP contribution >= 0.6 is 0 Å². The molecule has 3 aromatic rings. The molecule has 0 aliphatic carbocycles. The van der Waals surface area contributed by atoms with E-state index in [1.165, 1.54) is 11.8 Å². The maximum Gasteiger partial charge on any atom is 0.224 e. The Morgan fingerprint density at radius 1 is 1.08 bits per heavy atom. The van der Waals surface area contributed by atoms with E-state index in [0.29, 0.717) is 24.3 Å². The average Bonchev–Trinajstić information content (AvgIpc) is 3.19. The van der Waals surface area contributed by atoms with Gasteiger partial charge in [-0.25, -0.2) is 0 Å². The van der Waals surface area contributed by atoms with Crippen LogP contribution in [0.4, 0.5) is 0 Å². The lowest BCUT2D eigenvalue weighted by molar-refractivity contribution is -0.130. The number of hydrogen-bond donors (Lipinski definition) is 0. The molecule has 132 valence electrons. The summed E-state index contributed by atoms with van der Waals surface area (Å²) in [7, 11) is 0. The summed E-state index contributed by atoms with van der Waals surface area (Å²) >= 11 is 0. The Balaban J connectivity index is 1.42. The monoisotopic (exact) mass is 347 g/mol. The number of fused-ring (bicyclic) bond motifs is 1. The van der Waals surface area contributed by atoms with Gasteiger partial charge < -0.3 is 4.90 Å². The number of nitrogens with zero attached hydrogens (tertiary/aromatic N) is 3. The van der Waals surface area contributed by atoms with Crippen LogP contribution in [-0.2, 0) is 11.3 Å². The van der Waals surface area contributed by atoms with Crippen molar-refractivity contribution in [2.24, 2.45) is 0 Å². The first-order valence-electron chi connectivity index (χ1n) is 9.00. The Morgan fingerprint density at radius 3 is 2.69 bits per heavy atom. The number of rotatable bonds is 4. The van der Waals surface area contributed by atoms with E-state index >= 15 is 0 Å². The van der Waals surface area contributed by atoms with Crippen molar-refractivity contribution in [3.8, 4) is 0 Å². The normalized spacial score (nSPS) is 16.9. The summed E-state index contributed by atoms with van der Waals surface area (Å²) < 4.78 is 1.75. The molecule has 0 saturated carbocycles. The molecule has 5 nitrogen and oxygen atoms in total. The summed E-state index contributed by atoms with van der Waals surface area (Å²) in [5.41, 5.74) is 1.99. The average molecular weight is 347 g/mol. The zero-order chi connectivity index (χ0) is 17.9. The molecule has 1 aromatic heterocycles. The van der Waals surface area contributed by atoms with Crippen LogP contribution in [0, 0.1) is 0 Å². The van der Waals surface area contributed by atoms with Crippen LogP contribution in [0.5, 0.6) is 0 Å². The highest BCUT2D eigenvalue weighted by Crippen LogP contribution is 2.27. The zero-order valence-electron chi connectivity index (χ0n) is 14.5. The fraction of sp³-hybridized carbons (Fsp3) is 0.286. The summed E-state index contributed by atoms with van der Waals surface area (Å²) in [6.45, 7) is 2.06. The first-order chi connectivity index (χ1) is 12.7. The fourth-order valence-corrected chi connectivity index (χ4v) is 3.68. The predicted molar refractivity (Wildman–Crippen MR) is 101 cm³/mol. The van der Waals surface area contributed by atoms with Crippen molar-refractivity contribution in [1.29, 1.82) is 0 Å². The fourth-order valence-electron chi connectivity index (χ4n) is 3.68. The van der Waals surface area contributed by atoms with Crippen molar-refractivity contribution in [3.05, 3.63) is 76.6 Å². The quantitative estimate of drug-likeness (QED) is 0.729. The predicted octanol–water partition coefficient (Wildman–Crippen LogP) is 2.80. The van der Waals surface area contributed by atoms with Gasteiger partial charge in [-0.15, -0.1) is 0 Å². The molecule has 1 fully saturated rings. The van der Waals surface area contributed by atoms with E-state index < -0.39 is 0 Å². The molecule has 1 atom stereocenters. The molecule has 1 amide bonds. The maximum atomic E-state index is 12.6. The Morgan fingerprint density at radius 2 is 1.85 bits per heavy atom. The second-order valence-electron chi connectivity index (χ2n) is 6.74. The highest BCUT2D eigenvalue weighted by Gasteiger charge is 2.26. The third-order valence-electron chi connectivity index (χ3n) is 5.11. The lowest BCUT2D eigenvalue weighted by Gasteiger charge is -2.17. The van der Waals surface area contributed by atoms with Crippen LogP contribution in [0.1, 0.15) is 24.3 Å².